The maximum atomic E-state index is 11.6. The van der Waals surface area contributed by atoms with Crippen molar-refractivity contribution >= 4 is 5.97 Å². The second-order valence-electron chi connectivity index (χ2n) is 6.35. The molecule has 0 amide bonds. The molecule has 4 nitrogen and oxygen atoms in total. The van der Waals surface area contributed by atoms with Crippen molar-refractivity contribution in [1.82, 2.24) is 9.80 Å². The molecule has 1 saturated heterocycles. The Balaban J connectivity index is 2.12. The Labute approximate surface area is 116 Å². The minimum atomic E-state index is -0.586. The summed E-state index contributed by atoms with van der Waals surface area (Å²) in [6.07, 6.45) is 6.54. The summed E-state index contributed by atoms with van der Waals surface area (Å²) in [5.74, 6) is -0.745. The van der Waals surface area contributed by atoms with Gasteiger partial charge in [0.25, 0.3) is 0 Å². The van der Waals surface area contributed by atoms with Crippen molar-refractivity contribution in [1.29, 1.82) is 0 Å². The van der Waals surface area contributed by atoms with E-state index in [9.17, 15) is 9.90 Å². The van der Waals surface area contributed by atoms with E-state index < -0.39 is 5.97 Å². The van der Waals surface area contributed by atoms with Crippen LogP contribution in [-0.4, -0.2) is 59.6 Å². The standard InChI is InChI=1S/C15H28N2O2/c1-12-11-16(2)9-6-10-17(12)14-8-5-3-4-7-13(14)15(18)19/h12-14H,3-11H2,1-2H3,(H,18,19). The van der Waals surface area contributed by atoms with E-state index in [-0.39, 0.29) is 12.0 Å². The van der Waals surface area contributed by atoms with Gasteiger partial charge < -0.3 is 10.0 Å². The molecule has 0 aromatic heterocycles. The molecule has 3 unspecified atom stereocenters. The molecular weight excluding hydrogens is 240 g/mol. The highest BCUT2D eigenvalue weighted by atomic mass is 16.4. The molecular formula is C15H28N2O2. The molecule has 110 valence electrons. The number of aliphatic carboxylic acids is 1. The number of carboxylic acids is 1. The fraction of sp³-hybridized carbons (Fsp3) is 0.933. The van der Waals surface area contributed by atoms with Crippen LogP contribution < -0.4 is 0 Å². The lowest BCUT2D eigenvalue weighted by Crippen LogP contribution is -2.49. The third-order valence-electron chi connectivity index (χ3n) is 4.82. The molecule has 1 aliphatic carbocycles. The molecule has 1 aliphatic heterocycles. The summed E-state index contributed by atoms with van der Waals surface area (Å²) in [6.45, 7) is 5.50. The van der Waals surface area contributed by atoms with Gasteiger partial charge in [-0.15, -0.1) is 0 Å². The first-order valence-corrected chi connectivity index (χ1v) is 7.76. The summed E-state index contributed by atoms with van der Waals surface area (Å²) in [4.78, 5) is 16.4. The van der Waals surface area contributed by atoms with Crippen LogP contribution in [0.15, 0.2) is 0 Å². The van der Waals surface area contributed by atoms with Gasteiger partial charge in [-0.2, -0.15) is 0 Å². The molecule has 0 aromatic carbocycles. The molecule has 0 bridgehead atoms. The van der Waals surface area contributed by atoms with Crippen LogP contribution in [0.2, 0.25) is 0 Å². The third-order valence-corrected chi connectivity index (χ3v) is 4.82. The molecule has 1 saturated carbocycles. The van der Waals surface area contributed by atoms with Crippen LogP contribution in [0.3, 0.4) is 0 Å². The molecule has 1 N–H and O–H groups in total. The summed E-state index contributed by atoms with van der Waals surface area (Å²) in [5, 5.41) is 9.54. The van der Waals surface area contributed by atoms with E-state index in [2.05, 4.69) is 23.8 Å². The van der Waals surface area contributed by atoms with Gasteiger partial charge in [0.1, 0.15) is 0 Å². The highest BCUT2D eigenvalue weighted by Crippen LogP contribution is 2.30. The number of likely N-dealkylation sites (N-methyl/N-ethyl adjacent to an activating group) is 1. The van der Waals surface area contributed by atoms with Crippen molar-refractivity contribution in [3.63, 3.8) is 0 Å². The largest absolute Gasteiger partial charge is 0.481 e. The van der Waals surface area contributed by atoms with Gasteiger partial charge in [-0.3, -0.25) is 9.69 Å². The predicted molar refractivity (Wildman–Crippen MR) is 76.3 cm³/mol. The van der Waals surface area contributed by atoms with Crippen molar-refractivity contribution in [2.45, 2.75) is 57.5 Å². The maximum Gasteiger partial charge on any atom is 0.308 e. The van der Waals surface area contributed by atoms with E-state index in [1.807, 2.05) is 0 Å². The SMILES string of the molecule is CC1CN(C)CCCN1C1CCCCCC1C(=O)O. The fourth-order valence-electron chi connectivity index (χ4n) is 3.86. The molecule has 4 heteroatoms. The zero-order valence-corrected chi connectivity index (χ0v) is 12.3. The maximum absolute atomic E-state index is 11.6. The van der Waals surface area contributed by atoms with Crippen molar-refractivity contribution in [2.24, 2.45) is 5.92 Å². The molecule has 2 rings (SSSR count). The van der Waals surface area contributed by atoms with Crippen LogP contribution in [0.25, 0.3) is 0 Å². The van der Waals surface area contributed by atoms with Crippen LogP contribution in [-0.2, 0) is 4.79 Å². The molecule has 0 aromatic rings. The van der Waals surface area contributed by atoms with E-state index in [1.165, 1.54) is 12.8 Å². The first kappa shape index (κ1) is 14.8. The van der Waals surface area contributed by atoms with Gasteiger partial charge in [0.2, 0.25) is 0 Å². The molecule has 1 heterocycles. The minimum absolute atomic E-state index is 0.159. The van der Waals surface area contributed by atoms with Gasteiger partial charge in [0.05, 0.1) is 5.92 Å². The average Bonchev–Trinajstić information content (AvgIpc) is 2.67. The lowest BCUT2D eigenvalue weighted by atomic mass is 9.92. The Hall–Kier alpha value is -0.610. The Morgan fingerprint density at radius 3 is 2.58 bits per heavy atom. The van der Waals surface area contributed by atoms with Gasteiger partial charge in [-0.1, -0.05) is 19.3 Å². The Bertz CT molecular complexity index is 309. The Morgan fingerprint density at radius 1 is 1.11 bits per heavy atom. The number of hydrogen-bond acceptors (Lipinski definition) is 3. The molecule has 0 spiro atoms. The van der Waals surface area contributed by atoms with E-state index >= 15 is 0 Å². The fourth-order valence-corrected chi connectivity index (χ4v) is 3.86. The summed E-state index contributed by atoms with van der Waals surface area (Å²) >= 11 is 0. The summed E-state index contributed by atoms with van der Waals surface area (Å²) in [7, 11) is 2.17. The van der Waals surface area contributed by atoms with Gasteiger partial charge in [-0.05, 0) is 39.8 Å². The summed E-state index contributed by atoms with van der Waals surface area (Å²) < 4.78 is 0. The van der Waals surface area contributed by atoms with Crippen molar-refractivity contribution < 1.29 is 9.90 Å². The summed E-state index contributed by atoms with van der Waals surface area (Å²) in [5.41, 5.74) is 0. The topological polar surface area (TPSA) is 43.8 Å². The first-order valence-electron chi connectivity index (χ1n) is 7.76. The number of hydrogen-bond donors (Lipinski definition) is 1. The molecule has 3 atom stereocenters. The van der Waals surface area contributed by atoms with Gasteiger partial charge >= 0.3 is 5.97 Å². The third kappa shape index (κ3) is 3.69. The highest BCUT2D eigenvalue weighted by molar-refractivity contribution is 5.71. The van der Waals surface area contributed by atoms with Crippen LogP contribution in [0.5, 0.6) is 0 Å². The van der Waals surface area contributed by atoms with Gasteiger partial charge in [-0.25, -0.2) is 0 Å². The molecule has 0 radical (unpaired) electrons. The zero-order chi connectivity index (χ0) is 13.8. The molecule has 19 heavy (non-hydrogen) atoms. The van der Waals surface area contributed by atoms with Gasteiger partial charge in [0, 0.05) is 25.2 Å². The van der Waals surface area contributed by atoms with Crippen molar-refractivity contribution in [3.8, 4) is 0 Å². The number of carboxylic acid groups (broad SMARTS) is 1. The number of carbonyl (C=O) groups is 1. The van der Waals surface area contributed by atoms with Gasteiger partial charge in [0.15, 0.2) is 0 Å². The van der Waals surface area contributed by atoms with E-state index in [4.69, 9.17) is 0 Å². The van der Waals surface area contributed by atoms with Crippen LogP contribution in [0, 0.1) is 5.92 Å². The minimum Gasteiger partial charge on any atom is -0.481 e. The lowest BCUT2D eigenvalue weighted by molar-refractivity contribution is -0.145. The number of rotatable bonds is 2. The quantitative estimate of drug-likeness (QED) is 0.778. The second-order valence-corrected chi connectivity index (χ2v) is 6.35. The van der Waals surface area contributed by atoms with Crippen molar-refractivity contribution in [3.05, 3.63) is 0 Å². The smallest absolute Gasteiger partial charge is 0.308 e. The molecule has 2 aliphatic rings. The second kappa shape index (κ2) is 6.71. The highest BCUT2D eigenvalue weighted by Gasteiger charge is 2.36. The Morgan fingerprint density at radius 2 is 1.84 bits per heavy atom. The monoisotopic (exact) mass is 268 g/mol. The van der Waals surface area contributed by atoms with E-state index in [1.54, 1.807) is 0 Å². The van der Waals surface area contributed by atoms with Crippen molar-refractivity contribution in [2.75, 3.05) is 26.7 Å². The van der Waals surface area contributed by atoms with E-state index in [0.717, 1.165) is 45.3 Å². The summed E-state index contributed by atoms with van der Waals surface area (Å²) in [6, 6.07) is 0.721. The Kier molecular flexibility index (Phi) is 5.22. The van der Waals surface area contributed by atoms with Crippen LogP contribution in [0.4, 0.5) is 0 Å². The number of nitrogens with zero attached hydrogens (tertiary/aromatic N) is 2. The predicted octanol–water partition coefficient (Wildman–Crippen LogP) is 2.05. The normalized spacial score (nSPS) is 35.6. The first-order chi connectivity index (χ1) is 9.09. The molecule has 2 fully saturated rings. The zero-order valence-electron chi connectivity index (χ0n) is 12.3. The average molecular weight is 268 g/mol. The van der Waals surface area contributed by atoms with Crippen LogP contribution in [0.1, 0.15) is 45.4 Å². The lowest BCUT2D eigenvalue weighted by Gasteiger charge is -2.38. The van der Waals surface area contributed by atoms with Crippen LogP contribution >= 0.6 is 0 Å². The van der Waals surface area contributed by atoms with E-state index in [0.29, 0.717) is 6.04 Å².